The summed E-state index contributed by atoms with van der Waals surface area (Å²) in [7, 11) is 0. The standard InChI is InChI=1S/C23H48/c1-5-9-12-14-15-17-19-22(8-4)21-23(18-11-7-3)20-16-13-10-6-2/h22-23H,5-21H2,1-4H3. The predicted molar refractivity (Wildman–Crippen MR) is 108 cm³/mol. The lowest BCUT2D eigenvalue weighted by molar-refractivity contribution is 0.296. The summed E-state index contributed by atoms with van der Waals surface area (Å²) in [6.45, 7) is 9.41. The third kappa shape index (κ3) is 15.3. The van der Waals surface area contributed by atoms with Crippen molar-refractivity contribution < 1.29 is 0 Å². The molecule has 0 bridgehead atoms. The van der Waals surface area contributed by atoms with Crippen molar-refractivity contribution in [3.05, 3.63) is 0 Å². The maximum Gasteiger partial charge on any atom is -0.0412 e. The van der Waals surface area contributed by atoms with Crippen molar-refractivity contribution in [3.8, 4) is 0 Å². The van der Waals surface area contributed by atoms with Gasteiger partial charge in [0.1, 0.15) is 0 Å². The molecule has 2 atom stereocenters. The second-order valence-electron chi connectivity index (χ2n) is 7.92. The molecule has 0 saturated heterocycles. The van der Waals surface area contributed by atoms with Crippen molar-refractivity contribution in [1.29, 1.82) is 0 Å². The van der Waals surface area contributed by atoms with Crippen LogP contribution < -0.4 is 0 Å². The molecule has 0 heteroatoms. The quantitative estimate of drug-likeness (QED) is 0.221. The first-order valence-electron chi connectivity index (χ1n) is 11.3. The molecular formula is C23H48. The molecule has 23 heavy (non-hydrogen) atoms. The first-order valence-corrected chi connectivity index (χ1v) is 11.3. The van der Waals surface area contributed by atoms with E-state index in [-0.39, 0.29) is 0 Å². The third-order valence-electron chi connectivity index (χ3n) is 5.64. The minimum absolute atomic E-state index is 1.01. The highest BCUT2D eigenvalue weighted by Crippen LogP contribution is 2.29. The average Bonchev–Trinajstić information content (AvgIpc) is 2.57. The first kappa shape index (κ1) is 23.0. The number of hydrogen-bond acceptors (Lipinski definition) is 0. The van der Waals surface area contributed by atoms with Gasteiger partial charge in [-0.1, -0.05) is 130 Å². The highest BCUT2D eigenvalue weighted by atomic mass is 14.2. The maximum absolute atomic E-state index is 2.43. The second kappa shape index (κ2) is 18.3. The summed E-state index contributed by atoms with van der Waals surface area (Å²) in [6, 6.07) is 0. The van der Waals surface area contributed by atoms with Crippen molar-refractivity contribution in [3.63, 3.8) is 0 Å². The third-order valence-corrected chi connectivity index (χ3v) is 5.64. The summed E-state index contributed by atoms with van der Waals surface area (Å²) in [6.07, 6.45) is 24.7. The van der Waals surface area contributed by atoms with Crippen molar-refractivity contribution in [1.82, 2.24) is 0 Å². The van der Waals surface area contributed by atoms with E-state index in [0.717, 1.165) is 11.8 Å². The van der Waals surface area contributed by atoms with E-state index in [4.69, 9.17) is 0 Å². The molecule has 140 valence electrons. The lowest BCUT2D eigenvalue weighted by Crippen LogP contribution is -2.09. The van der Waals surface area contributed by atoms with Crippen LogP contribution in [0.1, 0.15) is 137 Å². The summed E-state index contributed by atoms with van der Waals surface area (Å²) in [5, 5.41) is 0. The van der Waals surface area contributed by atoms with E-state index in [9.17, 15) is 0 Å². The Labute approximate surface area is 149 Å². The summed E-state index contributed by atoms with van der Waals surface area (Å²) >= 11 is 0. The van der Waals surface area contributed by atoms with E-state index < -0.39 is 0 Å². The van der Waals surface area contributed by atoms with Gasteiger partial charge in [-0.2, -0.15) is 0 Å². The van der Waals surface area contributed by atoms with E-state index in [2.05, 4.69) is 27.7 Å². The second-order valence-corrected chi connectivity index (χ2v) is 7.92. The summed E-state index contributed by atoms with van der Waals surface area (Å²) < 4.78 is 0. The molecule has 0 aliphatic heterocycles. The Balaban J connectivity index is 3.95. The van der Waals surface area contributed by atoms with Gasteiger partial charge in [-0.3, -0.25) is 0 Å². The lowest BCUT2D eigenvalue weighted by atomic mass is 9.83. The van der Waals surface area contributed by atoms with Crippen molar-refractivity contribution in [2.24, 2.45) is 11.8 Å². The largest absolute Gasteiger partial charge is 0.0654 e. The fourth-order valence-electron chi connectivity index (χ4n) is 3.91. The van der Waals surface area contributed by atoms with Crippen LogP contribution >= 0.6 is 0 Å². The Morgan fingerprint density at radius 1 is 0.435 bits per heavy atom. The normalized spacial score (nSPS) is 14.1. The van der Waals surface area contributed by atoms with E-state index in [1.807, 2.05) is 0 Å². The summed E-state index contributed by atoms with van der Waals surface area (Å²) in [4.78, 5) is 0. The highest BCUT2D eigenvalue weighted by Gasteiger charge is 2.15. The van der Waals surface area contributed by atoms with Crippen molar-refractivity contribution >= 4 is 0 Å². The molecule has 0 amide bonds. The lowest BCUT2D eigenvalue weighted by Gasteiger charge is -2.23. The van der Waals surface area contributed by atoms with Gasteiger partial charge in [0.2, 0.25) is 0 Å². The van der Waals surface area contributed by atoms with Gasteiger partial charge in [-0.25, -0.2) is 0 Å². The molecule has 0 aromatic heterocycles. The molecule has 0 aromatic carbocycles. The van der Waals surface area contributed by atoms with Crippen LogP contribution in [-0.2, 0) is 0 Å². The first-order chi connectivity index (χ1) is 11.3. The summed E-state index contributed by atoms with van der Waals surface area (Å²) in [5.74, 6) is 2.03. The van der Waals surface area contributed by atoms with Gasteiger partial charge in [-0.05, 0) is 18.3 Å². The number of rotatable bonds is 18. The minimum Gasteiger partial charge on any atom is -0.0654 e. The molecule has 0 fully saturated rings. The van der Waals surface area contributed by atoms with E-state index in [1.165, 1.54) is 109 Å². The fourth-order valence-corrected chi connectivity index (χ4v) is 3.91. The Kier molecular flexibility index (Phi) is 18.3. The zero-order chi connectivity index (χ0) is 17.2. The van der Waals surface area contributed by atoms with Crippen LogP contribution in [0.15, 0.2) is 0 Å². The Morgan fingerprint density at radius 2 is 0.870 bits per heavy atom. The van der Waals surface area contributed by atoms with Crippen LogP contribution in [0.3, 0.4) is 0 Å². The van der Waals surface area contributed by atoms with Crippen LogP contribution in [-0.4, -0.2) is 0 Å². The minimum atomic E-state index is 1.01. The Bertz CT molecular complexity index is 208. The molecular weight excluding hydrogens is 276 g/mol. The van der Waals surface area contributed by atoms with Crippen molar-refractivity contribution in [2.75, 3.05) is 0 Å². The molecule has 0 saturated carbocycles. The van der Waals surface area contributed by atoms with Crippen LogP contribution in [0.5, 0.6) is 0 Å². The monoisotopic (exact) mass is 324 g/mol. The molecule has 0 aliphatic carbocycles. The molecule has 0 radical (unpaired) electrons. The molecule has 0 aromatic rings. The molecule has 2 unspecified atom stereocenters. The molecule has 0 spiro atoms. The Hall–Kier alpha value is 0. The number of unbranched alkanes of at least 4 members (excludes halogenated alkanes) is 9. The maximum atomic E-state index is 2.43. The Morgan fingerprint density at radius 3 is 1.43 bits per heavy atom. The molecule has 0 nitrogen and oxygen atoms in total. The van der Waals surface area contributed by atoms with E-state index in [0.29, 0.717) is 0 Å². The average molecular weight is 325 g/mol. The van der Waals surface area contributed by atoms with E-state index in [1.54, 1.807) is 0 Å². The fraction of sp³-hybridized carbons (Fsp3) is 1.00. The van der Waals surface area contributed by atoms with Gasteiger partial charge in [0.05, 0.1) is 0 Å². The van der Waals surface area contributed by atoms with Gasteiger partial charge >= 0.3 is 0 Å². The molecule has 0 rings (SSSR count). The summed E-state index contributed by atoms with van der Waals surface area (Å²) in [5.41, 5.74) is 0. The van der Waals surface area contributed by atoms with Crippen LogP contribution in [0, 0.1) is 11.8 Å². The van der Waals surface area contributed by atoms with Crippen molar-refractivity contribution in [2.45, 2.75) is 137 Å². The van der Waals surface area contributed by atoms with Crippen LogP contribution in [0.25, 0.3) is 0 Å². The number of hydrogen-bond donors (Lipinski definition) is 0. The highest BCUT2D eigenvalue weighted by molar-refractivity contribution is 4.67. The van der Waals surface area contributed by atoms with Gasteiger partial charge in [0, 0.05) is 0 Å². The SMILES string of the molecule is CCCCCCCCC(CC)CC(CCCC)CCCCCC. The van der Waals surface area contributed by atoms with Crippen LogP contribution in [0.2, 0.25) is 0 Å². The molecule has 0 aliphatic rings. The molecule has 0 N–H and O–H groups in total. The van der Waals surface area contributed by atoms with Gasteiger partial charge in [0.15, 0.2) is 0 Å². The van der Waals surface area contributed by atoms with E-state index >= 15 is 0 Å². The smallest absolute Gasteiger partial charge is 0.0412 e. The van der Waals surface area contributed by atoms with Gasteiger partial charge in [0.25, 0.3) is 0 Å². The van der Waals surface area contributed by atoms with Gasteiger partial charge < -0.3 is 0 Å². The van der Waals surface area contributed by atoms with Gasteiger partial charge in [-0.15, -0.1) is 0 Å². The topological polar surface area (TPSA) is 0 Å². The predicted octanol–water partition coefficient (Wildman–Crippen LogP) is 8.93. The zero-order valence-electron chi connectivity index (χ0n) is 17.2. The van der Waals surface area contributed by atoms with Crippen LogP contribution in [0.4, 0.5) is 0 Å². The zero-order valence-corrected chi connectivity index (χ0v) is 17.2. The molecule has 0 heterocycles.